The van der Waals surface area contributed by atoms with Gasteiger partial charge in [-0.1, -0.05) is 0 Å². The van der Waals surface area contributed by atoms with Gasteiger partial charge in [-0.2, -0.15) is 8.42 Å². The molecular formula is C8H6N2O7S. The van der Waals surface area contributed by atoms with Crippen LogP contribution in [-0.4, -0.2) is 46.4 Å². The second-order valence-electron chi connectivity index (χ2n) is 3.66. The number of hydrogen-bond acceptors (Lipinski definition) is 6. The fourth-order valence-electron chi connectivity index (χ4n) is 1.83. The summed E-state index contributed by atoms with van der Waals surface area (Å²) in [6.07, 6.45) is 0.459. The monoisotopic (exact) mass is 274 g/mol. The minimum Gasteiger partial charge on any atom is -0.293 e. The van der Waals surface area contributed by atoms with Gasteiger partial charge in [-0.05, 0) is 0 Å². The molecule has 0 bridgehead atoms. The molecule has 0 aromatic rings. The van der Waals surface area contributed by atoms with Crippen LogP contribution in [0.1, 0.15) is 6.42 Å². The Kier molecular flexibility index (Phi) is 2.38. The Hall–Kier alpha value is -2.07. The molecule has 0 radical (unpaired) electrons. The summed E-state index contributed by atoms with van der Waals surface area (Å²) in [5, 5.41) is 1.64. The van der Waals surface area contributed by atoms with Gasteiger partial charge in [0.25, 0.3) is 32.7 Å². The number of rotatable bonds is 2. The normalized spacial score (nSPS) is 28.2. The van der Waals surface area contributed by atoms with Crippen molar-refractivity contribution in [1.82, 2.24) is 10.2 Å². The van der Waals surface area contributed by atoms with E-state index in [1.165, 1.54) is 0 Å². The predicted octanol–water partition coefficient (Wildman–Crippen LogP) is -2.46. The summed E-state index contributed by atoms with van der Waals surface area (Å²) >= 11 is 0. The van der Waals surface area contributed by atoms with E-state index in [4.69, 9.17) is 4.55 Å². The van der Waals surface area contributed by atoms with Gasteiger partial charge in [0.05, 0.1) is 6.42 Å². The summed E-state index contributed by atoms with van der Waals surface area (Å²) in [5.41, 5.74) is 0. The summed E-state index contributed by atoms with van der Waals surface area (Å²) in [4.78, 5) is 42.7. The molecule has 96 valence electrons. The van der Waals surface area contributed by atoms with Crippen molar-refractivity contribution in [2.45, 2.75) is 11.3 Å². The average molecular weight is 274 g/mol. The fourth-order valence-corrected chi connectivity index (χ4v) is 2.84. The Bertz CT molecular complexity index is 601. The third-order valence-corrected chi connectivity index (χ3v) is 3.97. The summed E-state index contributed by atoms with van der Waals surface area (Å²) < 4.78 is 31.9. The number of nitrogens with one attached hydrogen (secondary N) is 1. The lowest BCUT2D eigenvalue weighted by atomic mass is 10.2. The zero-order chi connectivity index (χ0) is 13.7. The van der Waals surface area contributed by atoms with Gasteiger partial charge < -0.3 is 0 Å². The summed E-state index contributed by atoms with van der Waals surface area (Å²) in [6, 6.07) is 0. The zero-order valence-electron chi connectivity index (χ0n) is 8.61. The lowest BCUT2D eigenvalue weighted by Gasteiger charge is -2.30. The van der Waals surface area contributed by atoms with Gasteiger partial charge in [-0.3, -0.25) is 29.0 Å². The van der Waals surface area contributed by atoms with E-state index in [0.717, 1.165) is 12.2 Å². The van der Waals surface area contributed by atoms with Crippen molar-refractivity contribution in [1.29, 1.82) is 0 Å². The average Bonchev–Trinajstić information content (AvgIpc) is 2.67. The first-order valence-electron chi connectivity index (χ1n) is 4.58. The van der Waals surface area contributed by atoms with E-state index in [9.17, 15) is 27.6 Å². The molecule has 1 unspecified atom stereocenters. The molecule has 0 saturated carbocycles. The highest BCUT2D eigenvalue weighted by molar-refractivity contribution is 7.88. The van der Waals surface area contributed by atoms with E-state index in [-0.39, 0.29) is 4.90 Å². The molecular weight excluding hydrogens is 268 g/mol. The topological polar surface area (TPSA) is 138 Å². The lowest BCUT2D eigenvalue weighted by Crippen LogP contribution is -2.61. The minimum absolute atomic E-state index is 0.0581. The lowest BCUT2D eigenvalue weighted by molar-refractivity contribution is -0.146. The first kappa shape index (κ1) is 12.4. The van der Waals surface area contributed by atoms with Crippen molar-refractivity contribution in [3.8, 4) is 0 Å². The second kappa shape index (κ2) is 3.46. The van der Waals surface area contributed by atoms with Crippen LogP contribution in [0.5, 0.6) is 0 Å². The minimum atomic E-state index is -5.18. The van der Waals surface area contributed by atoms with Crippen molar-refractivity contribution in [3.05, 3.63) is 12.2 Å². The highest BCUT2D eigenvalue weighted by Gasteiger charge is 2.64. The Morgan fingerprint density at radius 1 is 1.17 bits per heavy atom. The Labute approximate surface area is 100 Å². The second-order valence-corrected chi connectivity index (χ2v) is 5.28. The molecule has 1 saturated heterocycles. The van der Waals surface area contributed by atoms with Crippen LogP contribution < -0.4 is 5.32 Å². The van der Waals surface area contributed by atoms with Gasteiger partial charge in [0, 0.05) is 12.2 Å². The molecule has 2 aliphatic heterocycles. The maximum absolute atomic E-state index is 11.6. The smallest absolute Gasteiger partial charge is 0.293 e. The van der Waals surface area contributed by atoms with Crippen LogP contribution in [-0.2, 0) is 29.3 Å². The van der Waals surface area contributed by atoms with Crippen molar-refractivity contribution in [2.24, 2.45) is 0 Å². The molecule has 2 N–H and O–H groups in total. The Balaban J connectivity index is 2.66. The van der Waals surface area contributed by atoms with Crippen LogP contribution in [0.25, 0.3) is 0 Å². The van der Waals surface area contributed by atoms with E-state index in [2.05, 4.69) is 0 Å². The van der Waals surface area contributed by atoms with E-state index < -0.39 is 45.0 Å². The Morgan fingerprint density at radius 2 is 1.67 bits per heavy atom. The zero-order valence-corrected chi connectivity index (χ0v) is 9.43. The van der Waals surface area contributed by atoms with Crippen molar-refractivity contribution >= 4 is 33.7 Å². The molecule has 9 nitrogen and oxygen atoms in total. The van der Waals surface area contributed by atoms with Crippen LogP contribution in [0.15, 0.2) is 12.2 Å². The van der Waals surface area contributed by atoms with Crippen molar-refractivity contribution < 1.29 is 32.1 Å². The Morgan fingerprint density at radius 3 is 2.00 bits per heavy atom. The quantitative estimate of drug-likeness (QED) is 0.420. The molecule has 10 heteroatoms. The van der Waals surface area contributed by atoms with Gasteiger partial charge in [0.2, 0.25) is 5.91 Å². The maximum Gasteiger partial charge on any atom is 0.299 e. The number of imide groups is 2. The first-order chi connectivity index (χ1) is 8.20. The van der Waals surface area contributed by atoms with Crippen LogP contribution >= 0.6 is 0 Å². The van der Waals surface area contributed by atoms with Crippen LogP contribution in [0.3, 0.4) is 0 Å². The van der Waals surface area contributed by atoms with Crippen LogP contribution in [0, 0.1) is 0 Å². The van der Waals surface area contributed by atoms with E-state index in [1.54, 1.807) is 5.32 Å². The predicted molar refractivity (Wildman–Crippen MR) is 53.0 cm³/mol. The van der Waals surface area contributed by atoms with Gasteiger partial charge in [-0.15, -0.1) is 0 Å². The molecule has 1 atom stereocenters. The molecule has 4 amide bonds. The standard InChI is InChI=1S/C8H6N2O7S/c11-4-3-8(7(14)9-4,18(15,16)17)10-5(12)1-2-6(10)13/h1-2H,3H2,(H,9,11,14)(H,15,16,17). The molecule has 18 heavy (non-hydrogen) atoms. The third kappa shape index (κ3) is 1.39. The maximum atomic E-state index is 11.6. The summed E-state index contributed by atoms with van der Waals surface area (Å²) in [7, 11) is -5.18. The van der Waals surface area contributed by atoms with Gasteiger partial charge in [0.15, 0.2) is 0 Å². The molecule has 2 rings (SSSR count). The number of hydrogen-bond donors (Lipinski definition) is 2. The number of carbonyl (C=O) groups is 4. The number of nitrogens with zero attached hydrogens (tertiary/aromatic N) is 1. The van der Waals surface area contributed by atoms with Gasteiger partial charge in [0.1, 0.15) is 0 Å². The van der Waals surface area contributed by atoms with Crippen LogP contribution in [0.2, 0.25) is 0 Å². The van der Waals surface area contributed by atoms with Crippen LogP contribution in [0.4, 0.5) is 0 Å². The molecule has 0 aromatic heterocycles. The fraction of sp³-hybridized carbons (Fsp3) is 0.250. The summed E-state index contributed by atoms with van der Waals surface area (Å²) in [6.45, 7) is 0. The molecule has 2 aliphatic rings. The third-order valence-electron chi connectivity index (χ3n) is 2.61. The van der Waals surface area contributed by atoms with E-state index >= 15 is 0 Å². The molecule has 2 heterocycles. The van der Waals surface area contributed by atoms with E-state index in [1.807, 2.05) is 0 Å². The number of carbonyl (C=O) groups excluding carboxylic acids is 4. The largest absolute Gasteiger partial charge is 0.299 e. The summed E-state index contributed by atoms with van der Waals surface area (Å²) in [5.74, 6) is -4.63. The number of amides is 4. The molecule has 0 aromatic carbocycles. The molecule has 0 aliphatic carbocycles. The SMILES string of the molecule is O=C1CC(N2C(=O)C=CC2=O)(S(=O)(=O)O)C(=O)N1. The van der Waals surface area contributed by atoms with E-state index in [0.29, 0.717) is 0 Å². The van der Waals surface area contributed by atoms with Crippen molar-refractivity contribution in [3.63, 3.8) is 0 Å². The molecule has 1 fully saturated rings. The van der Waals surface area contributed by atoms with Gasteiger partial charge >= 0.3 is 0 Å². The highest BCUT2D eigenvalue weighted by Crippen LogP contribution is 2.33. The molecule has 0 spiro atoms. The van der Waals surface area contributed by atoms with Gasteiger partial charge in [-0.25, -0.2) is 4.90 Å². The first-order valence-corrected chi connectivity index (χ1v) is 6.02. The highest BCUT2D eigenvalue weighted by atomic mass is 32.2. The van der Waals surface area contributed by atoms with Crippen molar-refractivity contribution in [2.75, 3.05) is 0 Å².